The number of nitrogens with two attached hydrogens (primary N) is 3. The molecule has 15 atom stereocenters. The van der Waals surface area contributed by atoms with Crippen molar-refractivity contribution < 1.29 is 64.9 Å². The smallest absolute Gasteiger partial charge is 0.186 e. The van der Waals surface area contributed by atoms with E-state index >= 15 is 0 Å². The van der Waals surface area contributed by atoms with Crippen molar-refractivity contribution >= 4 is 0 Å². The number of hydrogen-bond donors (Lipinski definition) is 14. The summed E-state index contributed by atoms with van der Waals surface area (Å²) in [5.41, 5.74) is 18.5. The highest BCUT2D eigenvalue weighted by atomic mass is 16.7. The Morgan fingerprint density at radius 2 is 1.40 bits per heavy atom. The highest BCUT2D eigenvalue weighted by Crippen LogP contribution is 2.31. The maximum atomic E-state index is 11.5. The molecule has 3 rings (SSSR count). The van der Waals surface area contributed by atoms with Crippen LogP contribution in [0.1, 0.15) is 12.8 Å². The van der Waals surface area contributed by atoms with E-state index in [1.54, 1.807) is 0 Å². The van der Waals surface area contributed by atoms with Gasteiger partial charge in [0.25, 0.3) is 0 Å². The fourth-order valence-electron chi connectivity index (χ4n) is 5.44. The van der Waals surface area contributed by atoms with Crippen LogP contribution in [0.25, 0.3) is 0 Å². The molecule has 0 spiro atoms. The van der Waals surface area contributed by atoms with Gasteiger partial charge in [0.05, 0.1) is 62.9 Å². The molecule has 42 heavy (non-hydrogen) atoms. The van der Waals surface area contributed by atoms with Crippen LogP contribution < -0.4 is 27.8 Å². The van der Waals surface area contributed by atoms with Gasteiger partial charge in [0.1, 0.15) is 36.6 Å². The van der Waals surface area contributed by atoms with E-state index in [0.29, 0.717) is 0 Å². The van der Waals surface area contributed by atoms with Crippen LogP contribution in [0.5, 0.6) is 0 Å². The normalized spacial score (nSPS) is 43.9. The molecule has 1 saturated carbocycles. The van der Waals surface area contributed by atoms with Gasteiger partial charge in [0.15, 0.2) is 12.6 Å². The Morgan fingerprint density at radius 3 is 2.02 bits per heavy atom. The molecule has 2 aliphatic heterocycles. The van der Waals surface area contributed by atoms with E-state index in [1.165, 1.54) is 0 Å². The highest BCUT2D eigenvalue weighted by Gasteiger charge is 2.51. The van der Waals surface area contributed by atoms with E-state index in [4.69, 9.17) is 41.3 Å². The predicted octanol–water partition coefficient (Wildman–Crippen LogP) is -8.33. The van der Waals surface area contributed by atoms with Crippen molar-refractivity contribution in [3.63, 3.8) is 0 Å². The summed E-state index contributed by atoms with van der Waals surface area (Å²) in [6.45, 7) is -1.82. The van der Waals surface area contributed by atoms with E-state index in [2.05, 4.69) is 10.6 Å². The Morgan fingerprint density at radius 1 is 0.762 bits per heavy atom. The molecule has 1 aliphatic carbocycles. The van der Waals surface area contributed by atoms with Crippen LogP contribution in [0, 0.1) is 0 Å². The van der Waals surface area contributed by atoms with Gasteiger partial charge in [0, 0.05) is 25.2 Å². The summed E-state index contributed by atoms with van der Waals surface area (Å²) in [6.07, 6.45) is -13.2. The lowest BCUT2D eigenvalue weighted by atomic mass is 9.83. The first-order chi connectivity index (χ1) is 19.9. The fourth-order valence-corrected chi connectivity index (χ4v) is 5.44. The van der Waals surface area contributed by atoms with Gasteiger partial charge in [-0.2, -0.15) is 0 Å². The molecule has 0 aromatic rings. The van der Waals surface area contributed by atoms with Gasteiger partial charge in [-0.05, 0) is 12.8 Å². The minimum atomic E-state index is -1.55. The van der Waals surface area contributed by atoms with Gasteiger partial charge in [-0.3, -0.25) is 0 Å². The number of ether oxygens (including phenoxy) is 4. The van der Waals surface area contributed by atoms with Crippen LogP contribution in [0.3, 0.4) is 0 Å². The van der Waals surface area contributed by atoms with Crippen LogP contribution in [0.2, 0.25) is 0 Å². The molecule has 0 aromatic carbocycles. The number of aliphatic hydroxyl groups is 9. The van der Waals surface area contributed by atoms with Gasteiger partial charge in [-0.25, -0.2) is 0 Å². The van der Waals surface area contributed by atoms with Crippen molar-refractivity contribution in [1.29, 1.82) is 0 Å². The minimum absolute atomic E-state index is 0.0515. The van der Waals surface area contributed by atoms with Crippen LogP contribution in [-0.2, 0) is 18.9 Å². The SMILES string of the molecule is N[C@@H]1[C@@H](O)[C@@H](O[C@@H]2[C@@H](O)[C@H](O[C@H]3O[C@H](CNCC(O)CO)[C@@H](O)C[C@H]3N)[C@@H](N)C[C@H]2NC(CO)CO)O[C@H](CO)[C@H]1O. The average Bonchev–Trinajstić information content (AvgIpc) is 2.97. The van der Waals surface area contributed by atoms with Crippen molar-refractivity contribution in [2.45, 2.75) is 111 Å². The lowest BCUT2D eigenvalue weighted by Gasteiger charge is -2.49. The molecular weight excluding hydrogens is 566 g/mol. The lowest BCUT2D eigenvalue weighted by Crippen LogP contribution is -2.69. The number of hydrogen-bond acceptors (Lipinski definition) is 18. The van der Waals surface area contributed by atoms with Gasteiger partial charge in [-0.1, -0.05) is 0 Å². The zero-order chi connectivity index (χ0) is 31.1. The predicted molar refractivity (Wildman–Crippen MR) is 142 cm³/mol. The summed E-state index contributed by atoms with van der Waals surface area (Å²) in [6, 6.07) is -4.51. The molecule has 18 heteroatoms. The van der Waals surface area contributed by atoms with Crippen LogP contribution >= 0.6 is 0 Å². The summed E-state index contributed by atoms with van der Waals surface area (Å²) < 4.78 is 23.4. The monoisotopic (exact) mass is 615 g/mol. The number of aliphatic hydroxyl groups excluding tert-OH is 9. The van der Waals surface area contributed by atoms with Crippen LogP contribution in [0.15, 0.2) is 0 Å². The van der Waals surface area contributed by atoms with Crippen molar-refractivity contribution in [3.05, 3.63) is 0 Å². The van der Waals surface area contributed by atoms with E-state index < -0.39 is 124 Å². The van der Waals surface area contributed by atoms with Crippen molar-refractivity contribution in [2.24, 2.45) is 17.2 Å². The first-order valence-corrected chi connectivity index (χ1v) is 14.1. The topological polar surface area (TPSA) is 321 Å². The number of nitrogens with one attached hydrogen (secondary N) is 2. The first kappa shape index (κ1) is 35.8. The molecule has 3 fully saturated rings. The molecular formula is C24H49N5O13. The van der Waals surface area contributed by atoms with Gasteiger partial charge < -0.3 is 92.7 Å². The van der Waals surface area contributed by atoms with Crippen molar-refractivity contribution in [2.75, 3.05) is 39.5 Å². The quantitative estimate of drug-likeness (QED) is 0.0862. The van der Waals surface area contributed by atoms with Crippen molar-refractivity contribution in [3.8, 4) is 0 Å². The Labute approximate surface area is 243 Å². The molecule has 0 aromatic heterocycles. The maximum Gasteiger partial charge on any atom is 0.186 e. The molecule has 18 nitrogen and oxygen atoms in total. The lowest BCUT2D eigenvalue weighted by molar-refractivity contribution is -0.316. The Bertz CT molecular complexity index is 789. The Balaban J connectivity index is 1.76. The Hall–Kier alpha value is -0.720. The second-order valence-corrected chi connectivity index (χ2v) is 11.2. The minimum Gasteiger partial charge on any atom is -0.395 e. The molecule has 0 bridgehead atoms. The summed E-state index contributed by atoms with van der Waals surface area (Å²) >= 11 is 0. The standard InChI is InChI=1S/C24H49N5O13/c25-11-1-13(29-9(5-30)6-31)22(42-24-19(37)17(27)18(36)16(8-33)40-24)20(38)21(11)41-23-12(26)2-14(35)15(39-23)4-28-3-10(34)7-32/h9-24,28-38H,1-8,25-27H2/t10?,11-,12+,13+,14-,15+,16+,17-,18+,19+,20-,21+,22-,23+,24+/m0/s1. The third kappa shape index (κ3) is 8.71. The third-order valence-corrected chi connectivity index (χ3v) is 7.97. The van der Waals surface area contributed by atoms with Gasteiger partial charge >= 0.3 is 0 Å². The summed E-state index contributed by atoms with van der Waals surface area (Å²) in [7, 11) is 0. The molecule has 17 N–H and O–H groups in total. The molecule has 248 valence electrons. The molecule has 0 amide bonds. The van der Waals surface area contributed by atoms with Crippen molar-refractivity contribution in [1.82, 2.24) is 10.6 Å². The third-order valence-electron chi connectivity index (χ3n) is 7.97. The summed E-state index contributed by atoms with van der Waals surface area (Å²) in [5.74, 6) is 0. The van der Waals surface area contributed by atoms with E-state index in [1.807, 2.05) is 0 Å². The van der Waals surface area contributed by atoms with E-state index in [9.17, 15) is 40.9 Å². The largest absolute Gasteiger partial charge is 0.395 e. The molecule has 0 radical (unpaired) electrons. The number of rotatable bonds is 14. The second kappa shape index (κ2) is 16.5. The fraction of sp³-hybridized carbons (Fsp3) is 1.00. The zero-order valence-electron chi connectivity index (χ0n) is 23.3. The molecule has 2 heterocycles. The van der Waals surface area contributed by atoms with E-state index in [-0.39, 0.29) is 25.9 Å². The van der Waals surface area contributed by atoms with E-state index in [0.717, 1.165) is 0 Å². The first-order valence-electron chi connectivity index (χ1n) is 14.1. The van der Waals surface area contributed by atoms with Gasteiger partial charge in [0.2, 0.25) is 0 Å². The molecule has 1 unspecified atom stereocenters. The zero-order valence-corrected chi connectivity index (χ0v) is 23.3. The molecule has 3 aliphatic rings. The van der Waals surface area contributed by atoms with Crippen LogP contribution in [-0.4, -0.2) is 183 Å². The van der Waals surface area contributed by atoms with Gasteiger partial charge in [-0.15, -0.1) is 0 Å². The average molecular weight is 616 g/mol. The summed E-state index contributed by atoms with van der Waals surface area (Å²) in [4.78, 5) is 0. The Kier molecular flexibility index (Phi) is 14.1. The molecule has 2 saturated heterocycles. The maximum absolute atomic E-state index is 11.5. The highest BCUT2D eigenvalue weighted by molar-refractivity contribution is 5.03. The summed E-state index contributed by atoms with van der Waals surface area (Å²) in [5, 5.41) is 96.0. The van der Waals surface area contributed by atoms with Crippen LogP contribution in [0.4, 0.5) is 0 Å². The second-order valence-electron chi connectivity index (χ2n) is 11.2.